The average Bonchev–Trinajstić information content (AvgIpc) is 3.55. The fourth-order valence-electron chi connectivity index (χ4n) is 4.83. The molecule has 1 unspecified atom stereocenters. The van der Waals surface area contributed by atoms with Crippen molar-refractivity contribution in [1.82, 2.24) is 9.55 Å². The van der Waals surface area contributed by atoms with Gasteiger partial charge in [0.15, 0.2) is 6.10 Å². The third-order valence-corrected chi connectivity index (χ3v) is 6.47. The van der Waals surface area contributed by atoms with Gasteiger partial charge in [-0.2, -0.15) is 22.0 Å². The van der Waals surface area contributed by atoms with Crippen LogP contribution in [0.25, 0.3) is 11.0 Å². The largest absolute Gasteiger partial charge is 0.497 e. The van der Waals surface area contributed by atoms with Crippen LogP contribution in [-0.4, -0.2) is 36.0 Å². The fraction of sp³-hybridized carbons (Fsp3) is 0.458. The topological polar surface area (TPSA) is 39.5 Å². The second-order valence-corrected chi connectivity index (χ2v) is 8.75. The predicted octanol–water partition coefficient (Wildman–Crippen LogP) is 6.62. The molecule has 5 nitrogen and oxygen atoms in total. The number of rotatable bonds is 6. The number of fused-ring (bicyclic) bond motifs is 3. The first kappa shape index (κ1) is 22.9. The Morgan fingerprint density at radius 1 is 1.09 bits per heavy atom. The lowest BCUT2D eigenvalue weighted by Gasteiger charge is -2.31. The molecule has 1 atom stereocenters. The van der Waals surface area contributed by atoms with Crippen LogP contribution in [0, 0.1) is 6.92 Å². The normalized spacial score (nSPS) is 17.4. The van der Waals surface area contributed by atoms with Gasteiger partial charge in [0.05, 0.1) is 18.1 Å². The Balaban J connectivity index is 1.72. The summed E-state index contributed by atoms with van der Waals surface area (Å²) in [6.45, 7) is -0.581. The molecular formula is C24H24F5N3O2. The number of methoxy groups -OCH3 is 1. The molecule has 10 heteroatoms. The molecule has 0 bridgehead atoms. The molecule has 2 heterocycles. The molecule has 2 aromatic carbocycles. The highest BCUT2D eigenvalue weighted by Gasteiger charge is 2.46. The molecule has 0 amide bonds. The zero-order chi connectivity index (χ0) is 24.2. The van der Waals surface area contributed by atoms with Crippen LogP contribution in [0.1, 0.15) is 48.0 Å². The van der Waals surface area contributed by atoms with E-state index in [4.69, 9.17) is 9.72 Å². The third-order valence-electron chi connectivity index (χ3n) is 6.47. The van der Waals surface area contributed by atoms with E-state index in [1.807, 2.05) is 30.0 Å². The molecule has 1 aromatic heterocycles. The highest BCUT2D eigenvalue weighted by molar-refractivity contribution is 5.88. The molecule has 1 saturated carbocycles. The maximum absolute atomic E-state index is 13.9. The van der Waals surface area contributed by atoms with Crippen LogP contribution in [0.3, 0.4) is 0 Å². The zero-order valence-corrected chi connectivity index (χ0v) is 18.7. The molecule has 0 N–H and O–H groups in total. The number of nitrogens with zero attached hydrogens (tertiary/aromatic N) is 3. The number of anilines is 2. The predicted molar refractivity (Wildman–Crippen MR) is 117 cm³/mol. The Hall–Kier alpha value is -2.88. The van der Waals surface area contributed by atoms with Crippen molar-refractivity contribution in [2.45, 2.75) is 57.5 Å². The van der Waals surface area contributed by atoms with Gasteiger partial charge in [-0.1, -0.05) is 12.1 Å². The number of hydrogen-bond donors (Lipinski definition) is 0. The Bertz CT molecular complexity index is 1220. The molecule has 0 spiro atoms. The molecule has 3 aromatic rings. The molecule has 0 radical (unpaired) electrons. The van der Waals surface area contributed by atoms with Crippen molar-refractivity contribution >= 4 is 22.7 Å². The van der Waals surface area contributed by atoms with E-state index in [1.165, 1.54) is 6.07 Å². The van der Waals surface area contributed by atoms with E-state index in [0.29, 0.717) is 36.7 Å². The van der Waals surface area contributed by atoms with Crippen LogP contribution in [0.15, 0.2) is 30.3 Å². The molecular weight excluding hydrogens is 457 g/mol. The lowest BCUT2D eigenvalue weighted by atomic mass is 10.0. The third kappa shape index (κ3) is 3.97. The summed E-state index contributed by atoms with van der Waals surface area (Å²) in [6, 6.07) is 8.47. The molecule has 34 heavy (non-hydrogen) atoms. The summed E-state index contributed by atoms with van der Waals surface area (Å²) in [5.74, 6) is 1.41. The van der Waals surface area contributed by atoms with Gasteiger partial charge in [0.1, 0.15) is 5.75 Å². The number of benzene rings is 2. The van der Waals surface area contributed by atoms with Crippen molar-refractivity contribution in [2.75, 3.05) is 18.6 Å². The lowest BCUT2D eigenvalue weighted by molar-refractivity contribution is -0.276. The molecule has 0 saturated heterocycles. The van der Waals surface area contributed by atoms with Crippen LogP contribution in [0.2, 0.25) is 0 Å². The van der Waals surface area contributed by atoms with E-state index in [1.54, 1.807) is 17.7 Å². The first-order chi connectivity index (χ1) is 16.2. The van der Waals surface area contributed by atoms with E-state index < -0.39 is 18.9 Å². The van der Waals surface area contributed by atoms with Crippen LogP contribution < -0.4 is 9.64 Å². The summed E-state index contributed by atoms with van der Waals surface area (Å²) >= 11 is 0. The van der Waals surface area contributed by atoms with Gasteiger partial charge in [0.25, 0.3) is 0 Å². The summed E-state index contributed by atoms with van der Waals surface area (Å²) < 4.78 is 78.7. The van der Waals surface area contributed by atoms with Gasteiger partial charge in [-0.3, -0.25) is 0 Å². The highest BCUT2D eigenvalue weighted by atomic mass is 19.4. The van der Waals surface area contributed by atoms with Crippen LogP contribution in [-0.2, 0) is 11.3 Å². The summed E-state index contributed by atoms with van der Waals surface area (Å²) in [5, 5.41) is 0. The summed E-state index contributed by atoms with van der Waals surface area (Å²) in [5.41, 5.74) is 2.96. The number of halogens is 5. The number of ether oxygens (including phenoxy) is 2. The summed E-state index contributed by atoms with van der Waals surface area (Å²) in [6.07, 6.45) is -5.25. The highest BCUT2D eigenvalue weighted by Crippen LogP contribution is 2.48. The number of hydrogen-bond acceptors (Lipinski definition) is 4. The van der Waals surface area contributed by atoms with Gasteiger partial charge in [0.2, 0.25) is 5.95 Å². The van der Waals surface area contributed by atoms with Gasteiger partial charge in [-0.25, -0.2) is 4.98 Å². The molecule has 1 aliphatic heterocycles. The minimum atomic E-state index is -5.00. The van der Waals surface area contributed by atoms with Crippen molar-refractivity contribution in [3.05, 3.63) is 47.0 Å². The molecule has 1 fully saturated rings. The number of imidazole rings is 1. The maximum Gasteiger partial charge on any atom is 0.419 e. The fourth-order valence-corrected chi connectivity index (χ4v) is 4.83. The zero-order valence-electron chi connectivity index (χ0n) is 18.7. The van der Waals surface area contributed by atoms with Gasteiger partial charge in [-0.15, -0.1) is 0 Å². The second kappa shape index (κ2) is 8.41. The number of aromatic nitrogens is 2. The SMILES string of the molecule is COc1ccc(N2CCCn3c2nc2c(C4CC4)ccc(C(OC(F)F)C(F)(F)F)c23)c(C)c1. The van der Waals surface area contributed by atoms with E-state index in [-0.39, 0.29) is 17.0 Å². The Morgan fingerprint density at radius 2 is 1.85 bits per heavy atom. The van der Waals surface area contributed by atoms with Crippen molar-refractivity contribution in [2.24, 2.45) is 0 Å². The second-order valence-electron chi connectivity index (χ2n) is 8.75. The van der Waals surface area contributed by atoms with E-state index >= 15 is 0 Å². The quantitative estimate of drug-likeness (QED) is 0.371. The van der Waals surface area contributed by atoms with Crippen LogP contribution >= 0.6 is 0 Å². The van der Waals surface area contributed by atoms with Crippen LogP contribution in [0.4, 0.5) is 33.6 Å². The van der Waals surface area contributed by atoms with E-state index in [0.717, 1.165) is 29.7 Å². The van der Waals surface area contributed by atoms with Gasteiger partial charge in [-0.05, 0) is 61.4 Å². The maximum atomic E-state index is 13.9. The minimum Gasteiger partial charge on any atom is -0.497 e. The Labute approximate surface area is 193 Å². The summed E-state index contributed by atoms with van der Waals surface area (Å²) in [7, 11) is 1.58. The van der Waals surface area contributed by atoms with Crippen LogP contribution in [0.5, 0.6) is 5.75 Å². The van der Waals surface area contributed by atoms with Crippen molar-refractivity contribution in [3.63, 3.8) is 0 Å². The Kier molecular flexibility index (Phi) is 5.66. The molecule has 182 valence electrons. The molecule has 5 rings (SSSR count). The van der Waals surface area contributed by atoms with E-state index in [2.05, 4.69) is 4.74 Å². The van der Waals surface area contributed by atoms with Crippen molar-refractivity contribution < 1.29 is 31.4 Å². The number of aryl methyl sites for hydroxylation is 2. The molecule has 2 aliphatic rings. The number of alkyl halides is 5. The first-order valence-electron chi connectivity index (χ1n) is 11.1. The van der Waals surface area contributed by atoms with Crippen molar-refractivity contribution in [3.8, 4) is 5.75 Å². The first-order valence-corrected chi connectivity index (χ1v) is 11.1. The Morgan fingerprint density at radius 3 is 2.47 bits per heavy atom. The minimum absolute atomic E-state index is 0.213. The van der Waals surface area contributed by atoms with Gasteiger partial charge < -0.3 is 18.9 Å². The van der Waals surface area contributed by atoms with E-state index in [9.17, 15) is 22.0 Å². The monoisotopic (exact) mass is 481 g/mol. The lowest BCUT2D eigenvalue weighted by Crippen LogP contribution is -2.29. The van der Waals surface area contributed by atoms with Gasteiger partial charge >= 0.3 is 12.8 Å². The standard InChI is InChI=1S/C24H24F5N3O2/c1-13-12-15(33-2)6-9-18(13)31-10-3-11-32-20-17(21(24(27,28)29)34-22(25)26)8-7-16(14-4-5-14)19(20)30-23(31)32/h6-9,12,14,21-22H,3-5,10-11H2,1-2H3. The van der Waals surface area contributed by atoms with Crippen molar-refractivity contribution in [1.29, 1.82) is 0 Å². The average molecular weight is 481 g/mol. The smallest absolute Gasteiger partial charge is 0.419 e. The van der Waals surface area contributed by atoms with Gasteiger partial charge in [0, 0.05) is 24.3 Å². The summed E-state index contributed by atoms with van der Waals surface area (Å²) in [4.78, 5) is 6.78. The molecule has 1 aliphatic carbocycles.